The molecule has 4 heteroatoms. The molecule has 3 nitrogen and oxygen atoms in total. The van der Waals surface area contributed by atoms with Crippen molar-refractivity contribution in [3.8, 4) is 0 Å². The van der Waals surface area contributed by atoms with Crippen LogP contribution in [0.4, 0.5) is 0 Å². The summed E-state index contributed by atoms with van der Waals surface area (Å²) in [6.45, 7) is 4.58. The summed E-state index contributed by atoms with van der Waals surface area (Å²) >= 11 is 0. The number of nitrogens with two attached hydrogens (primary N) is 1. The predicted octanol–water partition coefficient (Wildman–Crippen LogP) is 0.334. The van der Waals surface area contributed by atoms with Crippen LogP contribution in [0.1, 0.15) is 20.3 Å². The molecule has 9 heavy (non-hydrogen) atoms. The molecule has 0 bridgehead atoms. The standard InChI is InChI=1S/C5H15N2OSi/c1-3-5-9(6,8)7-4-2/h7H,3-6H2,1-2H3. The van der Waals surface area contributed by atoms with Crippen molar-refractivity contribution in [1.29, 1.82) is 0 Å². The van der Waals surface area contributed by atoms with E-state index in [2.05, 4.69) is 4.98 Å². The average molecular weight is 147 g/mol. The zero-order valence-corrected chi connectivity index (χ0v) is 7.11. The molecule has 0 aromatic heterocycles. The third-order valence-electron chi connectivity index (χ3n) is 1.10. The van der Waals surface area contributed by atoms with E-state index >= 15 is 0 Å². The highest BCUT2D eigenvalue weighted by atomic mass is 28.4. The molecular weight excluding hydrogens is 132 g/mol. The van der Waals surface area contributed by atoms with Crippen molar-refractivity contribution in [3.63, 3.8) is 0 Å². The number of hydrogen-bond donors (Lipinski definition) is 2. The third kappa shape index (κ3) is 4.59. The van der Waals surface area contributed by atoms with Crippen LogP contribution in [-0.2, 0) is 4.80 Å². The summed E-state index contributed by atoms with van der Waals surface area (Å²) in [5.41, 5.74) is 0. The Labute approximate surface area is 57.5 Å². The van der Waals surface area contributed by atoms with Gasteiger partial charge in [-0.15, -0.1) is 0 Å². The first kappa shape index (κ1) is 9.10. The second-order valence-electron chi connectivity index (χ2n) is 2.17. The van der Waals surface area contributed by atoms with Crippen molar-refractivity contribution in [2.45, 2.75) is 26.3 Å². The second-order valence-corrected chi connectivity index (χ2v) is 4.80. The van der Waals surface area contributed by atoms with E-state index in [9.17, 15) is 4.80 Å². The largest absolute Gasteiger partial charge is 0.383 e. The van der Waals surface area contributed by atoms with Crippen LogP contribution in [0.25, 0.3) is 0 Å². The Morgan fingerprint density at radius 3 is 2.44 bits per heavy atom. The number of nitrogens with one attached hydrogen (secondary N) is 1. The molecule has 0 fully saturated rings. The van der Waals surface area contributed by atoms with Gasteiger partial charge in [-0.1, -0.05) is 20.3 Å². The van der Waals surface area contributed by atoms with Crippen LogP contribution in [0.2, 0.25) is 6.04 Å². The van der Waals surface area contributed by atoms with Crippen LogP contribution in [0.3, 0.4) is 0 Å². The molecule has 0 aliphatic heterocycles. The molecule has 3 N–H and O–H groups in total. The van der Waals surface area contributed by atoms with E-state index in [4.69, 9.17) is 5.40 Å². The van der Waals surface area contributed by atoms with Crippen molar-refractivity contribution in [1.82, 2.24) is 4.98 Å². The zero-order chi connectivity index (χ0) is 7.33. The zero-order valence-electron chi connectivity index (χ0n) is 6.11. The van der Waals surface area contributed by atoms with Crippen molar-refractivity contribution in [2.24, 2.45) is 5.40 Å². The van der Waals surface area contributed by atoms with Gasteiger partial charge in [0, 0.05) is 0 Å². The summed E-state index contributed by atoms with van der Waals surface area (Å²) in [5, 5.41) is 5.41. The van der Waals surface area contributed by atoms with E-state index < -0.39 is 8.64 Å². The van der Waals surface area contributed by atoms with Crippen LogP contribution in [-0.4, -0.2) is 15.2 Å². The van der Waals surface area contributed by atoms with Gasteiger partial charge in [-0.25, -0.2) is 0 Å². The van der Waals surface area contributed by atoms with Crippen LogP contribution in [0, 0.1) is 0 Å². The normalized spacial score (nSPS) is 17.3. The predicted molar refractivity (Wildman–Crippen MR) is 39.4 cm³/mol. The Morgan fingerprint density at radius 1 is 1.56 bits per heavy atom. The van der Waals surface area contributed by atoms with E-state index in [1.54, 1.807) is 0 Å². The summed E-state index contributed by atoms with van der Waals surface area (Å²) in [7, 11) is -2.70. The van der Waals surface area contributed by atoms with E-state index in [-0.39, 0.29) is 0 Å². The molecule has 0 spiro atoms. The minimum atomic E-state index is -2.70. The molecule has 1 atom stereocenters. The van der Waals surface area contributed by atoms with E-state index in [0.29, 0.717) is 12.6 Å². The van der Waals surface area contributed by atoms with E-state index in [1.807, 2.05) is 13.8 Å². The van der Waals surface area contributed by atoms with Gasteiger partial charge in [0.15, 0.2) is 0 Å². The van der Waals surface area contributed by atoms with Gasteiger partial charge >= 0.3 is 8.64 Å². The minimum Gasteiger partial charge on any atom is -0.315 e. The quantitative estimate of drug-likeness (QED) is 0.563. The fourth-order valence-corrected chi connectivity index (χ4v) is 2.28. The lowest BCUT2D eigenvalue weighted by molar-refractivity contribution is 0.396. The lowest BCUT2D eigenvalue weighted by atomic mass is 10.6. The molecule has 0 heterocycles. The summed E-state index contributed by atoms with van der Waals surface area (Å²) in [5.74, 6) is 0. The fraction of sp³-hybridized carbons (Fsp3) is 1.00. The molecular formula is C5H15N2OSi. The van der Waals surface area contributed by atoms with Gasteiger partial charge in [0.05, 0.1) is 0 Å². The smallest absolute Gasteiger partial charge is 0.315 e. The average Bonchev–Trinajstić information content (AvgIpc) is 1.64. The Kier molecular flexibility index (Phi) is 4.04. The first-order valence-corrected chi connectivity index (χ1v) is 5.56. The topological polar surface area (TPSA) is 58.0 Å². The first-order chi connectivity index (χ1) is 4.12. The Balaban J connectivity index is 3.43. The van der Waals surface area contributed by atoms with E-state index in [0.717, 1.165) is 6.42 Å². The number of hydrogen-bond acceptors (Lipinski definition) is 2. The Morgan fingerprint density at radius 2 is 2.11 bits per heavy atom. The molecule has 1 unspecified atom stereocenters. The van der Waals surface area contributed by atoms with Gasteiger partial charge < -0.3 is 10.4 Å². The highest BCUT2D eigenvalue weighted by Gasteiger charge is 2.25. The maximum absolute atomic E-state index is 11.1. The van der Waals surface area contributed by atoms with Gasteiger partial charge in [-0.3, -0.25) is 4.80 Å². The summed E-state index contributed by atoms with van der Waals surface area (Å²) in [6.07, 6.45) is 0.888. The van der Waals surface area contributed by atoms with Crippen LogP contribution in [0.5, 0.6) is 0 Å². The van der Waals surface area contributed by atoms with Crippen LogP contribution >= 0.6 is 0 Å². The summed E-state index contributed by atoms with van der Waals surface area (Å²) in [4.78, 5) is 13.9. The molecule has 0 rings (SSSR count). The van der Waals surface area contributed by atoms with Gasteiger partial charge in [-0.05, 0) is 12.6 Å². The molecule has 0 saturated heterocycles. The minimum absolute atomic E-state index is 0.626. The molecule has 0 aliphatic carbocycles. The van der Waals surface area contributed by atoms with Gasteiger partial charge in [0.25, 0.3) is 0 Å². The van der Waals surface area contributed by atoms with Crippen LogP contribution < -0.4 is 10.4 Å². The fourth-order valence-electron chi connectivity index (χ4n) is 0.759. The van der Waals surface area contributed by atoms with Crippen LogP contribution in [0.15, 0.2) is 0 Å². The van der Waals surface area contributed by atoms with Crippen molar-refractivity contribution >= 4 is 8.64 Å². The third-order valence-corrected chi connectivity index (χ3v) is 3.29. The van der Waals surface area contributed by atoms with Gasteiger partial charge in [-0.2, -0.15) is 0 Å². The lowest BCUT2D eigenvalue weighted by Gasteiger charge is -2.15. The SMILES string of the molecule is CCC[Si](N)([O])NCC. The second kappa shape index (κ2) is 4.00. The van der Waals surface area contributed by atoms with Gasteiger partial charge in [0.2, 0.25) is 0 Å². The number of rotatable bonds is 4. The monoisotopic (exact) mass is 147 g/mol. The summed E-state index contributed by atoms with van der Waals surface area (Å²) < 4.78 is 0. The molecule has 1 radical (unpaired) electrons. The van der Waals surface area contributed by atoms with E-state index in [1.165, 1.54) is 0 Å². The lowest BCUT2D eigenvalue weighted by Crippen LogP contribution is -2.58. The molecule has 0 aliphatic rings. The highest BCUT2D eigenvalue weighted by Crippen LogP contribution is 1.97. The highest BCUT2D eigenvalue weighted by molar-refractivity contribution is 6.66. The van der Waals surface area contributed by atoms with Crippen molar-refractivity contribution < 1.29 is 4.80 Å². The Bertz CT molecular complexity index is 69.4. The maximum atomic E-state index is 11.1. The molecule has 55 valence electrons. The first-order valence-electron chi connectivity index (χ1n) is 3.36. The molecule has 0 saturated carbocycles. The molecule has 0 aromatic rings. The summed E-state index contributed by atoms with van der Waals surface area (Å²) in [6, 6.07) is 0.626. The molecule has 0 aromatic carbocycles. The maximum Gasteiger partial charge on any atom is 0.383 e. The van der Waals surface area contributed by atoms with Crippen molar-refractivity contribution in [2.75, 3.05) is 6.54 Å². The van der Waals surface area contributed by atoms with Crippen molar-refractivity contribution in [3.05, 3.63) is 0 Å². The Hall–Kier alpha value is 0.0969. The molecule has 0 amide bonds. The van der Waals surface area contributed by atoms with Gasteiger partial charge in [0.1, 0.15) is 0 Å².